The van der Waals surface area contributed by atoms with Crippen LogP contribution in [0.1, 0.15) is 52.6 Å². The molecular weight excluding hydrogens is 369 g/mol. The van der Waals surface area contributed by atoms with Gasteiger partial charge in [-0.3, -0.25) is 0 Å². The third-order valence-corrected chi connectivity index (χ3v) is 5.29. The van der Waals surface area contributed by atoms with Gasteiger partial charge in [-0.05, 0) is 31.0 Å². The molecule has 8 nitrogen and oxygen atoms in total. The van der Waals surface area contributed by atoms with Crippen LogP contribution in [-0.2, 0) is 0 Å². The molecule has 0 bridgehead atoms. The predicted molar refractivity (Wildman–Crippen MR) is 111 cm³/mol. The number of nitrogens with one attached hydrogen (secondary N) is 1. The standard InChI is InChI=1S/C20H22BN5O3/c1-21(2)17(27)15-9-13-11-23-20(24-16-8-7-12(10-22-16)19(28)29)25-18(13)26(15)14-5-3-4-6-14/h7-11,14H,3-6H2,1-2H3,(H,28,29)(H,22,23,24,25). The highest BCUT2D eigenvalue weighted by Crippen LogP contribution is 2.34. The average Bonchev–Trinajstić information content (AvgIpc) is 3.34. The molecule has 0 aromatic carbocycles. The van der Waals surface area contributed by atoms with Crippen molar-refractivity contribution in [2.24, 2.45) is 0 Å². The van der Waals surface area contributed by atoms with Crippen LogP contribution in [0.5, 0.6) is 0 Å². The third kappa shape index (κ3) is 3.72. The van der Waals surface area contributed by atoms with Gasteiger partial charge in [-0.1, -0.05) is 26.5 Å². The number of hydrogen-bond acceptors (Lipinski definition) is 6. The number of aromatic nitrogens is 4. The van der Waals surface area contributed by atoms with Gasteiger partial charge in [0.1, 0.15) is 17.1 Å². The van der Waals surface area contributed by atoms with Crippen LogP contribution in [0.3, 0.4) is 0 Å². The van der Waals surface area contributed by atoms with E-state index in [4.69, 9.17) is 5.11 Å². The number of carbonyl (C=O) groups is 2. The lowest BCUT2D eigenvalue weighted by molar-refractivity contribution is 0.0696. The quantitative estimate of drug-likeness (QED) is 0.614. The summed E-state index contributed by atoms with van der Waals surface area (Å²) < 4.78 is 2.08. The van der Waals surface area contributed by atoms with Crippen LogP contribution in [0.15, 0.2) is 30.6 Å². The summed E-state index contributed by atoms with van der Waals surface area (Å²) in [5.74, 6) is -0.223. The van der Waals surface area contributed by atoms with E-state index in [0.717, 1.165) is 36.7 Å². The molecule has 3 heterocycles. The van der Waals surface area contributed by atoms with Crippen molar-refractivity contribution < 1.29 is 14.7 Å². The fourth-order valence-corrected chi connectivity index (χ4v) is 3.79. The lowest BCUT2D eigenvalue weighted by Gasteiger charge is -2.17. The monoisotopic (exact) mass is 391 g/mol. The summed E-state index contributed by atoms with van der Waals surface area (Å²) in [5.41, 5.74) is 1.65. The van der Waals surface area contributed by atoms with Crippen molar-refractivity contribution in [1.82, 2.24) is 19.5 Å². The van der Waals surface area contributed by atoms with Gasteiger partial charge in [-0.25, -0.2) is 14.8 Å². The summed E-state index contributed by atoms with van der Waals surface area (Å²) in [6, 6.07) is 5.19. The van der Waals surface area contributed by atoms with E-state index in [1.807, 2.05) is 19.7 Å². The zero-order valence-electron chi connectivity index (χ0n) is 16.4. The van der Waals surface area contributed by atoms with Gasteiger partial charge < -0.3 is 19.8 Å². The van der Waals surface area contributed by atoms with Gasteiger partial charge in [0.2, 0.25) is 12.7 Å². The van der Waals surface area contributed by atoms with Gasteiger partial charge in [-0.15, -0.1) is 0 Å². The molecule has 0 aliphatic heterocycles. The van der Waals surface area contributed by atoms with Gasteiger partial charge in [-0.2, -0.15) is 4.98 Å². The number of carbonyl (C=O) groups excluding carboxylic acids is 1. The molecule has 3 aromatic heterocycles. The Morgan fingerprint density at radius 3 is 2.55 bits per heavy atom. The molecule has 1 aliphatic rings. The normalized spacial score (nSPS) is 14.3. The summed E-state index contributed by atoms with van der Waals surface area (Å²) in [7, 11) is 0. The number of carboxylic acid groups (broad SMARTS) is 1. The van der Waals surface area contributed by atoms with E-state index >= 15 is 0 Å². The van der Waals surface area contributed by atoms with Crippen LogP contribution in [0.4, 0.5) is 11.8 Å². The lowest BCUT2D eigenvalue weighted by Crippen LogP contribution is -2.23. The Hall–Kier alpha value is -3.23. The molecule has 1 aliphatic carbocycles. The number of anilines is 2. The Balaban J connectivity index is 1.73. The van der Waals surface area contributed by atoms with Gasteiger partial charge >= 0.3 is 5.97 Å². The molecule has 1 saturated carbocycles. The SMILES string of the molecule is CB(C)C(=O)c1cc2cnc(Nc3ccc(C(=O)O)cn3)nc2n1C1CCCC1. The first-order chi connectivity index (χ1) is 13.9. The first-order valence-electron chi connectivity index (χ1n) is 9.82. The van der Waals surface area contributed by atoms with Gasteiger partial charge in [0.05, 0.1) is 11.3 Å². The van der Waals surface area contributed by atoms with Crippen LogP contribution >= 0.6 is 0 Å². The van der Waals surface area contributed by atoms with E-state index in [-0.39, 0.29) is 24.0 Å². The van der Waals surface area contributed by atoms with Crippen LogP contribution < -0.4 is 5.32 Å². The maximum absolute atomic E-state index is 12.8. The fourth-order valence-electron chi connectivity index (χ4n) is 3.79. The molecule has 3 aromatic rings. The van der Waals surface area contributed by atoms with Crippen LogP contribution in [0, 0.1) is 0 Å². The minimum Gasteiger partial charge on any atom is -0.478 e. The van der Waals surface area contributed by atoms with Gasteiger partial charge in [0.25, 0.3) is 0 Å². The number of hydrogen-bond donors (Lipinski definition) is 2. The molecule has 0 amide bonds. The second-order valence-corrected chi connectivity index (χ2v) is 7.69. The molecular formula is C20H22BN5O3. The maximum atomic E-state index is 12.8. The van der Waals surface area contributed by atoms with Crippen LogP contribution in [-0.4, -0.2) is 43.0 Å². The highest BCUT2D eigenvalue weighted by Gasteiger charge is 2.27. The molecule has 2 N–H and O–H groups in total. The Bertz CT molecular complexity index is 1070. The second kappa shape index (κ2) is 7.65. The molecule has 148 valence electrons. The Labute approximate surface area is 168 Å². The van der Waals surface area contributed by atoms with Crippen LogP contribution in [0.25, 0.3) is 11.0 Å². The van der Waals surface area contributed by atoms with Crippen molar-refractivity contribution in [3.63, 3.8) is 0 Å². The summed E-state index contributed by atoms with van der Waals surface area (Å²) in [6.07, 6.45) is 7.36. The first kappa shape index (κ1) is 19.1. The molecule has 0 radical (unpaired) electrons. The topological polar surface area (TPSA) is 110 Å². The van der Waals surface area contributed by atoms with Crippen molar-refractivity contribution >= 4 is 41.2 Å². The Morgan fingerprint density at radius 2 is 1.93 bits per heavy atom. The van der Waals surface area contributed by atoms with Crippen molar-refractivity contribution in [2.75, 3.05) is 5.32 Å². The molecule has 0 spiro atoms. The summed E-state index contributed by atoms with van der Waals surface area (Å²) in [6.45, 7) is 3.72. The number of fused-ring (bicyclic) bond motifs is 1. The summed E-state index contributed by atoms with van der Waals surface area (Å²) >= 11 is 0. The Morgan fingerprint density at radius 1 is 1.17 bits per heavy atom. The zero-order chi connectivity index (χ0) is 20.5. The van der Waals surface area contributed by atoms with Crippen LogP contribution in [0.2, 0.25) is 13.6 Å². The average molecular weight is 391 g/mol. The predicted octanol–water partition coefficient (Wildman–Crippen LogP) is 3.86. The highest BCUT2D eigenvalue weighted by atomic mass is 16.4. The van der Waals surface area contributed by atoms with Gasteiger partial charge in [0.15, 0.2) is 0 Å². The maximum Gasteiger partial charge on any atom is 0.337 e. The zero-order valence-corrected chi connectivity index (χ0v) is 16.4. The van der Waals surface area contributed by atoms with Gasteiger partial charge in [0, 0.05) is 23.8 Å². The molecule has 1 fully saturated rings. The number of rotatable bonds is 6. The summed E-state index contributed by atoms with van der Waals surface area (Å²) in [5, 5.41) is 12.8. The van der Waals surface area contributed by atoms with E-state index in [2.05, 4.69) is 24.8 Å². The molecule has 0 saturated heterocycles. The number of carboxylic acids is 1. The van der Waals surface area contributed by atoms with E-state index in [0.29, 0.717) is 17.5 Å². The minimum atomic E-state index is -1.03. The second-order valence-electron chi connectivity index (χ2n) is 7.69. The fraction of sp³-hybridized carbons (Fsp3) is 0.350. The van der Waals surface area contributed by atoms with Crippen molar-refractivity contribution in [3.8, 4) is 0 Å². The van der Waals surface area contributed by atoms with Crippen molar-refractivity contribution in [2.45, 2.75) is 45.4 Å². The van der Waals surface area contributed by atoms with E-state index in [1.54, 1.807) is 12.3 Å². The molecule has 0 atom stereocenters. The molecule has 4 rings (SSSR count). The lowest BCUT2D eigenvalue weighted by atomic mass is 9.50. The summed E-state index contributed by atoms with van der Waals surface area (Å²) in [4.78, 5) is 36.9. The largest absolute Gasteiger partial charge is 0.478 e. The number of pyridine rings is 1. The first-order valence-corrected chi connectivity index (χ1v) is 9.82. The third-order valence-electron chi connectivity index (χ3n) is 5.29. The number of nitrogens with zero attached hydrogens (tertiary/aromatic N) is 4. The smallest absolute Gasteiger partial charge is 0.337 e. The van der Waals surface area contributed by atoms with E-state index in [1.165, 1.54) is 12.3 Å². The van der Waals surface area contributed by atoms with E-state index in [9.17, 15) is 9.59 Å². The molecule has 0 unspecified atom stereocenters. The Kier molecular flexibility index (Phi) is 5.04. The molecule has 9 heteroatoms. The number of aromatic carboxylic acids is 1. The van der Waals surface area contributed by atoms with Crippen molar-refractivity contribution in [3.05, 3.63) is 41.9 Å². The van der Waals surface area contributed by atoms with E-state index < -0.39 is 5.97 Å². The minimum absolute atomic E-state index is 0.0954. The highest BCUT2D eigenvalue weighted by molar-refractivity contribution is 6.90. The van der Waals surface area contributed by atoms with Crippen molar-refractivity contribution in [1.29, 1.82) is 0 Å². The molecule has 29 heavy (non-hydrogen) atoms.